The van der Waals surface area contributed by atoms with Gasteiger partial charge in [0.2, 0.25) is 5.91 Å². The molecule has 0 aliphatic heterocycles. The summed E-state index contributed by atoms with van der Waals surface area (Å²) in [5, 5.41) is 2.57. The summed E-state index contributed by atoms with van der Waals surface area (Å²) in [6.07, 6.45) is 0. The topological polar surface area (TPSA) is 83.5 Å². The second kappa shape index (κ2) is 5.09. The van der Waals surface area contributed by atoms with Crippen molar-refractivity contribution < 1.29 is 17.8 Å². The molecule has 88 valence electrons. The fourth-order valence-electron chi connectivity index (χ4n) is 1.29. The van der Waals surface area contributed by atoms with Gasteiger partial charge in [-0.3, -0.25) is 9.35 Å². The predicted octanol–water partition coefficient (Wildman–Crippen LogP) is 0.710. The predicted molar refractivity (Wildman–Crippen MR) is 59.2 cm³/mol. The Labute approximate surface area is 94.2 Å². The van der Waals surface area contributed by atoms with Crippen LogP contribution in [0.4, 0.5) is 0 Å². The van der Waals surface area contributed by atoms with Gasteiger partial charge in [-0.1, -0.05) is 24.3 Å². The third-order valence-corrected chi connectivity index (χ3v) is 2.66. The zero-order valence-electron chi connectivity index (χ0n) is 8.80. The minimum atomic E-state index is -4.05. The Kier molecular flexibility index (Phi) is 4.03. The molecule has 0 heterocycles. The molecular formula is C10H13NO4S. The van der Waals surface area contributed by atoms with Crippen LogP contribution in [0.15, 0.2) is 24.3 Å². The zero-order chi connectivity index (χ0) is 12.2. The van der Waals surface area contributed by atoms with E-state index in [9.17, 15) is 13.2 Å². The lowest BCUT2D eigenvalue weighted by atomic mass is 10.1. The van der Waals surface area contributed by atoms with Crippen LogP contribution in [0.25, 0.3) is 0 Å². The van der Waals surface area contributed by atoms with Crippen molar-refractivity contribution in [3.63, 3.8) is 0 Å². The Morgan fingerprint density at radius 2 is 1.88 bits per heavy atom. The number of rotatable bonds is 4. The van der Waals surface area contributed by atoms with Crippen molar-refractivity contribution in [2.75, 3.05) is 0 Å². The molecule has 2 N–H and O–H groups in total. The van der Waals surface area contributed by atoms with Gasteiger partial charge in [-0.05, 0) is 11.1 Å². The van der Waals surface area contributed by atoms with Crippen LogP contribution in [-0.2, 0) is 27.2 Å². The molecule has 0 saturated heterocycles. The molecule has 1 aromatic rings. The first-order valence-corrected chi connectivity index (χ1v) is 6.26. The maximum absolute atomic E-state index is 10.8. The van der Waals surface area contributed by atoms with Gasteiger partial charge in [-0.15, -0.1) is 0 Å². The van der Waals surface area contributed by atoms with Gasteiger partial charge in [0.05, 0.1) is 0 Å². The van der Waals surface area contributed by atoms with E-state index in [1.54, 1.807) is 24.3 Å². The second-order valence-electron chi connectivity index (χ2n) is 3.40. The molecule has 0 spiro atoms. The number of hydrogen-bond donors (Lipinski definition) is 2. The summed E-state index contributed by atoms with van der Waals surface area (Å²) in [4.78, 5) is 10.7. The first-order chi connectivity index (χ1) is 7.38. The summed E-state index contributed by atoms with van der Waals surface area (Å²) >= 11 is 0. The third-order valence-electron chi connectivity index (χ3n) is 1.98. The fraction of sp³-hybridized carbons (Fsp3) is 0.300. The third kappa shape index (κ3) is 4.41. The van der Waals surface area contributed by atoms with Gasteiger partial charge in [-0.2, -0.15) is 8.42 Å². The molecule has 1 rings (SSSR count). The van der Waals surface area contributed by atoms with Crippen molar-refractivity contribution in [1.29, 1.82) is 0 Å². The van der Waals surface area contributed by atoms with Crippen LogP contribution < -0.4 is 5.32 Å². The molecule has 0 aromatic heterocycles. The Morgan fingerprint density at radius 1 is 1.31 bits per heavy atom. The van der Waals surface area contributed by atoms with Crippen molar-refractivity contribution in [3.05, 3.63) is 35.4 Å². The molecule has 0 aliphatic carbocycles. The number of nitrogens with one attached hydrogen (secondary N) is 1. The average molecular weight is 243 g/mol. The molecule has 1 aromatic carbocycles. The first-order valence-electron chi connectivity index (χ1n) is 4.65. The van der Waals surface area contributed by atoms with Gasteiger partial charge in [0, 0.05) is 13.5 Å². The van der Waals surface area contributed by atoms with E-state index < -0.39 is 15.9 Å². The zero-order valence-corrected chi connectivity index (χ0v) is 9.62. The average Bonchev–Trinajstić information content (AvgIpc) is 2.14. The lowest BCUT2D eigenvalue weighted by Crippen LogP contribution is -2.20. The largest absolute Gasteiger partial charge is 0.352 e. The Morgan fingerprint density at radius 3 is 2.38 bits per heavy atom. The molecule has 0 radical (unpaired) electrons. The van der Waals surface area contributed by atoms with Crippen LogP contribution in [0.5, 0.6) is 0 Å². The molecule has 0 fully saturated rings. The highest BCUT2D eigenvalue weighted by Crippen LogP contribution is 2.11. The molecule has 5 nitrogen and oxygen atoms in total. The van der Waals surface area contributed by atoms with Crippen molar-refractivity contribution in [3.8, 4) is 0 Å². The van der Waals surface area contributed by atoms with Crippen LogP contribution in [0.3, 0.4) is 0 Å². The van der Waals surface area contributed by atoms with E-state index >= 15 is 0 Å². The molecule has 6 heteroatoms. The van der Waals surface area contributed by atoms with Gasteiger partial charge < -0.3 is 5.32 Å². The molecule has 1 amide bonds. The lowest BCUT2D eigenvalue weighted by molar-refractivity contribution is -0.119. The number of carbonyl (C=O) groups is 1. The number of benzene rings is 1. The second-order valence-corrected chi connectivity index (χ2v) is 4.86. The molecule has 0 aliphatic rings. The SMILES string of the molecule is CC(=O)NCc1ccccc1CS(=O)(=O)O. The smallest absolute Gasteiger partial charge is 0.269 e. The van der Waals surface area contributed by atoms with Crippen LogP contribution in [0, 0.1) is 0 Å². The van der Waals surface area contributed by atoms with Crippen molar-refractivity contribution in [2.24, 2.45) is 0 Å². The number of carbonyl (C=O) groups excluding carboxylic acids is 1. The maximum Gasteiger partial charge on any atom is 0.269 e. The van der Waals surface area contributed by atoms with E-state index in [1.807, 2.05) is 0 Å². The van der Waals surface area contributed by atoms with Crippen molar-refractivity contribution in [1.82, 2.24) is 5.32 Å². The van der Waals surface area contributed by atoms with E-state index in [-0.39, 0.29) is 12.5 Å². The highest BCUT2D eigenvalue weighted by Gasteiger charge is 2.10. The fourth-order valence-corrected chi connectivity index (χ4v) is 1.96. The molecule has 16 heavy (non-hydrogen) atoms. The van der Waals surface area contributed by atoms with Crippen LogP contribution in [0.2, 0.25) is 0 Å². The maximum atomic E-state index is 10.8. The summed E-state index contributed by atoms with van der Waals surface area (Å²) in [5.41, 5.74) is 1.16. The van der Waals surface area contributed by atoms with Crippen LogP contribution in [0.1, 0.15) is 18.1 Å². The molecule has 0 unspecified atom stereocenters. The van der Waals surface area contributed by atoms with Gasteiger partial charge in [0.25, 0.3) is 10.1 Å². The Bertz CT molecular complexity index is 481. The Balaban J connectivity index is 2.87. The first kappa shape index (κ1) is 12.7. The van der Waals surface area contributed by atoms with E-state index in [4.69, 9.17) is 4.55 Å². The van der Waals surface area contributed by atoms with Gasteiger partial charge in [0.1, 0.15) is 5.75 Å². The van der Waals surface area contributed by atoms with E-state index in [1.165, 1.54) is 6.92 Å². The van der Waals surface area contributed by atoms with E-state index in [2.05, 4.69) is 5.32 Å². The molecular weight excluding hydrogens is 230 g/mol. The highest BCUT2D eigenvalue weighted by molar-refractivity contribution is 7.85. The Hall–Kier alpha value is -1.40. The highest BCUT2D eigenvalue weighted by atomic mass is 32.2. The molecule has 0 bridgehead atoms. The van der Waals surface area contributed by atoms with Crippen LogP contribution in [-0.4, -0.2) is 18.9 Å². The van der Waals surface area contributed by atoms with Crippen molar-refractivity contribution in [2.45, 2.75) is 19.2 Å². The monoisotopic (exact) mass is 243 g/mol. The summed E-state index contributed by atoms with van der Waals surface area (Å²) in [6, 6.07) is 6.73. The normalized spacial score (nSPS) is 11.1. The number of hydrogen-bond acceptors (Lipinski definition) is 3. The lowest BCUT2D eigenvalue weighted by Gasteiger charge is -2.08. The van der Waals surface area contributed by atoms with Gasteiger partial charge >= 0.3 is 0 Å². The summed E-state index contributed by atoms with van der Waals surface area (Å²) in [6.45, 7) is 1.63. The van der Waals surface area contributed by atoms with Crippen LogP contribution >= 0.6 is 0 Å². The van der Waals surface area contributed by atoms with Gasteiger partial charge in [-0.25, -0.2) is 0 Å². The minimum Gasteiger partial charge on any atom is -0.352 e. The standard InChI is InChI=1S/C10H13NO4S/c1-8(12)11-6-9-4-2-3-5-10(9)7-16(13,14)15/h2-5H,6-7H2,1H3,(H,11,12)(H,13,14,15). The van der Waals surface area contributed by atoms with E-state index in [0.717, 1.165) is 0 Å². The molecule has 0 atom stereocenters. The van der Waals surface area contributed by atoms with Crippen molar-refractivity contribution >= 4 is 16.0 Å². The van der Waals surface area contributed by atoms with Gasteiger partial charge in [0.15, 0.2) is 0 Å². The summed E-state index contributed by atoms with van der Waals surface area (Å²) in [7, 11) is -4.05. The number of amides is 1. The summed E-state index contributed by atoms with van der Waals surface area (Å²) < 4.78 is 30.3. The summed E-state index contributed by atoms with van der Waals surface area (Å²) in [5.74, 6) is -0.635. The minimum absolute atomic E-state index is 0.193. The molecule has 0 saturated carbocycles. The quantitative estimate of drug-likeness (QED) is 0.763. The van der Waals surface area contributed by atoms with E-state index in [0.29, 0.717) is 11.1 Å².